The van der Waals surface area contributed by atoms with Gasteiger partial charge in [-0.2, -0.15) is 0 Å². The summed E-state index contributed by atoms with van der Waals surface area (Å²) in [6.07, 6.45) is 1.31. The van der Waals surface area contributed by atoms with Crippen molar-refractivity contribution in [3.8, 4) is 0 Å². The predicted octanol–water partition coefficient (Wildman–Crippen LogP) is -0.112. The first-order chi connectivity index (χ1) is 7.63. The van der Waals surface area contributed by atoms with Gasteiger partial charge in [-0.3, -0.25) is 4.79 Å². The highest BCUT2D eigenvalue weighted by molar-refractivity contribution is 5.78. The van der Waals surface area contributed by atoms with Crippen LogP contribution < -0.4 is 10.6 Å². The van der Waals surface area contributed by atoms with Crippen LogP contribution in [0.2, 0.25) is 0 Å². The minimum absolute atomic E-state index is 0.0293. The molecule has 0 saturated carbocycles. The zero-order valence-electron chi connectivity index (χ0n) is 10.5. The molecular formula is C11H24N2O3. The number of aliphatic hydroxyl groups excluding tert-OH is 1. The van der Waals surface area contributed by atoms with Crippen molar-refractivity contribution in [2.24, 2.45) is 0 Å². The number of methoxy groups -OCH3 is 1. The van der Waals surface area contributed by atoms with Gasteiger partial charge in [0.05, 0.1) is 19.3 Å². The van der Waals surface area contributed by atoms with Crippen molar-refractivity contribution in [3.63, 3.8) is 0 Å². The minimum Gasteiger partial charge on any atom is -0.389 e. The molecule has 0 radical (unpaired) electrons. The Morgan fingerprint density at radius 1 is 1.38 bits per heavy atom. The normalized spacial score (nSPS) is 12.8. The molecule has 16 heavy (non-hydrogen) atoms. The van der Waals surface area contributed by atoms with E-state index in [1.54, 1.807) is 0 Å². The van der Waals surface area contributed by atoms with E-state index in [1.807, 2.05) is 13.8 Å². The smallest absolute Gasteiger partial charge is 0.234 e. The average Bonchev–Trinajstić information content (AvgIpc) is 2.26. The van der Waals surface area contributed by atoms with Crippen LogP contribution in [-0.2, 0) is 9.53 Å². The van der Waals surface area contributed by atoms with E-state index in [0.29, 0.717) is 6.54 Å². The quantitative estimate of drug-likeness (QED) is 0.519. The Balaban J connectivity index is 3.57. The van der Waals surface area contributed by atoms with Crippen LogP contribution in [0.25, 0.3) is 0 Å². The zero-order valence-corrected chi connectivity index (χ0v) is 10.5. The van der Waals surface area contributed by atoms with E-state index in [2.05, 4.69) is 10.6 Å². The van der Waals surface area contributed by atoms with Crippen molar-refractivity contribution < 1.29 is 14.6 Å². The predicted molar refractivity (Wildman–Crippen MR) is 63.3 cm³/mol. The Morgan fingerprint density at radius 2 is 2.00 bits per heavy atom. The van der Waals surface area contributed by atoms with Crippen LogP contribution >= 0.6 is 0 Å². The van der Waals surface area contributed by atoms with E-state index >= 15 is 0 Å². The summed E-state index contributed by atoms with van der Waals surface area (Å²) in [5, 5.41) is 15.1. The van der Waals surface area contributed by atoms with E-state index in [9.17, 15) is 9.90 Å². The number of aliphatic hydroxyl groups is 1. The molecule has 5 heteroatoms. The first kappa shape index (κ1) is 15.3. The highest BCUT2D eigenvalue weighted by atomic mass is 16.5. The van der Waals surface area contributed by atoms with Gasteiger partial charge in [-0.05, 0) is 12.8 Å². The highest BCUT2D eigenvalue weighted by Gasteiger charge is 2.08. The molecule has 0 aromatic carbocycles. The molecule has 0 spiro atoms. The van der Waals surface area contributed by atoms with E-state index < -0.39 is 6.10 Å². The second-order valence-electron chi connectivity index (χ2n) is 3.82. The van der Waals surface area contributed by atoms with Crippen LogP contribution in [0.1, 0.15) is 26.7 Å². The van der Waals surface area contributed by atoms with Crippen molar-refractivity contribution in [2.45, 2.75) is 38.8 Å². The number of rotatable bonds is 9. The molecule has 0 saturated heterocycles. The maximum atomic E-state index is 11.4. The zero-order chi connectivity index (χ0) is 12.4. The summed E-state index contributed by atoms with van der Waals surface area (Å²) in [5.41, 5.74) is 0. The maximum absolute atomic E-state index is 11.4. The summed E-state index contributed by atoms with van der Waals surface area (Å²) in [7, 11) is 1.53. The number of carbonyl (C=O) groups is 1. The van der Waals surface area contributed by atoms with Gasteiger partial charge < -0.3 is 20.5 Å². The lowest BCUT2D eigenvalue weighted by molar-refractivity contribution is -0.121. The van der Waals surface area contributed by atoms with Crippen LogP contribution in [0.4, 0.5) is 0 Å². The van der Waals surface area contributed by atoms with Gasteiger partial charge in [0.15, 0.2) is 0 Å². The number of ether oxygens (including phenoxy) is 1. The lowest BCUT2D eigenvalue weighted by Gasteiger charge is -2.15. The summed E-state index contributed by atoms with van der Waals surface area (Å²) in [4.78, 5) is 11.4. The molecule has 0 heterocycles. The summed E-state index contributed by atoms with van der Waals surface area (Å²) in [6.45, 7) is 4.97. The molecule has 1 atom stereocenters. The van der Waals surface area contributed by atoms with Gasteiger partial charge in [-0.15, -0.1) is 0 Å². The monoisotopic (exact) mass is 232 g/mol. The van der Waals surface area contributed by atoms with Gasteiger partial charge in [0.25, 0.3) is 0 Å². The van der Waals surface area contributed by atoms with E-state index in [-0.39, 0.29) is 25.1 Å². The van der Waals surface area contributed by atoms with E-state index in [1.165, 1.54) is 7.11 Å². The van der Waals surface area contributed by atoms with Crippen LogP contribution in [0.3, 0.4) is 0 Å². The Kier molecular flexibility index (Phi) is 9.18. The second kappa shape index (κ2) is 9.57. The molecule has 0 fully saturated rings. The van der Waals surface area contributed by atoms with E-state index in [0.717, 1.165) is 12.8 Å². The van der Waals surface area contributed by atoms with Gasteiger partial charge in [0.2, 0.25) is 5.91 Å². The number of hydrogen-bond donors (Lipinski definition) is 3. The Hall–Kier alpha value is -0.650. The number of nitrogens with one attached hydrogen (secondary N) is 2. The molecule has 0 aromatic rings. The molecule has 0 aromatic heterocycles. The van der Waals surface area contributed by atoms with Crippen molar-refractivity contribution in [3.05, 3.63) is 0 Å². The van der Waals surface area contributed by atoms with Crippen LogP contribution in [0.15, 0.2) is 0 Å². The first-order valence-electron chi connectivity index (χ1n) is 5.81. The lowest BCUT2D eigenvalue weighted by atomic mass is 10.2. The fourth-order valence-electron chi connectivity index (χ4n) is 1.38. The topological polar surface area (TPSA) is 70.6 Å². The molecule has 3 N–H and O–H groups in total. The molecule has 1 unspecified atom stereocenters. The summed E-state index contributed by atoms with van der Waals surface area (Å²) >= 11 is 0. The third kappa shape index (κ3) is 7.62. The molecule has 5 nitrogen and oxygen atoms in total. The van der Waals surface area contributed by atoms with Crippen molar-refractivity contribution in [1.82, 2.24) is 10.6 Å². The number of hydrogen-bond acceptors (Lipinski definition) is 4. The third-order valence-electron chi connectivity index (χ3n) is 2.38. The first-order valence-corrected chi connectivity index (χ1v) is 5.81. The van der Waals surface area contributed by atoms with Crippen LogP contribution in [0.5, 0.6) is 0 Å². The molecular weight excluding hydrogens is 208 g/mol. The fraction of sp³-hybridized carbons (Fsp3) is 0.909. The SMILES string of the molecule is CCC(CC)NC(=O)CNCC(O)COC. The average molecular weight is 232 g/mol. The highest BCUT2D eigenvalue weighted by Crippen LogP contribution is 1.94. The maximum Gasteiger partial charge on any atom is 0.234 e. The molecule has 1 amide bonds. The number of carbonyl (C=O) groups excluding carboxylic acids is 1. The summed E-state index contributed by atoms with van der Waals surface area (Å²) in [5.74, 6) is -0.0293. The van der Waals surface area contributed by atoms with Crippen molar-refractivity contribution >= 4 is 5.91 Å². The van der Waals surface area contributed by atoms with Gasteiger partial charge in [0.1, 0.15) is 0 Å². The summed E-state index contributed by atoms with van der Waals surface area (Å²) < 4.78 is 4.77. The van der Waals surface area contributed by atoms with Crippen LogP contribution in [0, 0.1) is 0 Å². The standard InChI is InChI=1S/C11H24N2O3/c1-4-9(5-2)13-11(15)7-12-6-10(14)8-16-3/h9-10,12,14H,4-8H2,1-3H3,(H,13,15). The Bertz CT molecular complexity index is 184. The number of amides is 1. The van der Waals surface area contributed by atoms with Gasteiger partial charge >= 0.3 is 0 Å². The van der Waals surface area contributed by atoms with Crippen molar-refractivity contribution in [2.75, 3.05) is 26.8 Å². The van der Waals surface area contributed by atoms with E-state index in [4.69, 9.17) is 4.74 Å². The summed E-state index contributed by atoms with van der Waals surface area (Å²) in [6, 6.07) is 0.248. The molecule has 0 aliphatic heterocycles. The van der Waals surface area contributed by atoms with Gasteiger partial charge in [0, 0.05) is 19.7 Å². The van der Waals surface area contributed by atoms with Gasteiger partial charge in [-0.1, -0.05) is 13.8 Å². The van der Waals surface area contributed by atoms with Crippen molar-refractivity contribution in [1.29, 1.82) is 0 Å². The Morgan fingerprint density at radius 3 is 2.50 bits per heavy atom. The molecule has 0 aliphatic rings. The lowest BCUT2D eigenvalue weighted by Crippen LogP contribution is -2.42. The van der Waals surface area contributed by atoms with Gasteiger partial charge in [-0.25, -0.2) is 0 Å². The third-order valence-corrected chi connectivity index (χ3v) is 2.38. The molecule has 96 valence electrons. The molecule has 0 aliphatic carbocycles. The molecule has 0 bridgehead atoms. The molecule has 0 rings (SSSR count). The largest absolute Gasteiger partial charge is 0.389 e. The van der Waals surface area contributed by atoms with Crippen LogP contribution in [-0.4, -0.2) is 50.0 Å². The minimum atomic E-state index is -0.564. The second-order valence-corrected chi connectivity index (χ2v) is 3.82. The Labute approximate surface area is 97.6 Å². The fourth-order valence-corrected chi connectivity index (χ4v) is 1.38.